The molecular weight excluding hydrogens is 448 g/mol. The summed E-state index contributed by atoms with van der Waals surface area (Å²) in [5, 5.41) is -0.639. The Hall–Kier alpha value is 1.43. The maximum Gasteiger partial charge on any atom is 0.184 e. The van der Waals surface area contributed by atoms with Crippen molar-refractivity contribution in [3.63, 3.8) is 0 Å². The molecule has 0 heterocycles. The predicted molar refractivity (Wildman–Crippen MR) is 87.3 cm³/mol. The van der Waals surface area contributed by atoms with Gasteiger partial charge < -0.3 is 4.74 Å². The third kappa shape index (κ3) is 1.35. The van der Waals surface area contributed by atoms with Gasteiger partial charge in [0, 0.05) is 7.11 Å². The number of fused-ring (bicyclic) bond motifs is 5. The van der Waals surface area contributed by atoms with E-state index in [1.807, 2.05) is 0 Å². The summed E-state index contributed by atoms with van der Waals surface area (Å²) in [7, 11) is 1.28. The minimum Gasteiger partial charge on any atom is -0.369 e. The van der Waals surface area contributed by atoms with Crippen LogP contribution < -0.4 is 0 Å². The van der Waals surface area contributed by atoms with E-state index in [2.05, 4.69) is 0 Å². The van der Waals surface area contributed by atoms with E-state index >= 15 is 0 Å². The monoisotopic (exact) mass is 448 g/mol. The van der Waals surface area contributed by atoms with Crippen molar-refractivity contribution in [2.24, 2.45) is 5.92 Å². The third-order valence-electron chi connectivity index (χ3n) is 4.34. The van der Waals surface area contributed by atoms with Crippen molar-refractivity contribution in [2.75, 3.05) is 7.11 Å². The standard InChI is InChI=1S/C11H4Cl8O2/c1-21-9-4(3(20)2(12)5(9)13)8(16)6(14)7(15)10(9,17)11(8,18)19/h4H,1H3/t4-,8+,9-,10+/m1/s1. The number of alkyl halides is 4. The second-order valence-electron chi connectivity index (χ2n) is 4.94. The molecule has 3 aliphatic carbocycles. The highest BCUT2D eigenvalue weighted by Crippen LogP contribution is 2.81. The number of Topliss-reactive ketones (excluding diaryl/α,β-unsaturated/α-hetero) is 1. The Morgan fingerprint density at radius 2 is 1.48 bits per heavy atom. The van der Waals surface area contributed by atoms with Crippen LogP contribution in [0.25, 0.3) is 0 Å². The minimum atomic E-state index is -1.94. The van der Waals surface area contributed by atoms with Crippen LogP contribution in [0.2, 0.25) is 0 Å². The molecule has 0 aliphatic heterocycles. The number of rotatable bonds is 1. The lowest BCUT2D eigenvalue weighted by Crippen LogP contribution is -2.56. The number of hydrogen-bond donors (Lipinski definition) is 0. The molecule has 3 aliphatic rings. The molecule has 0 aromatic rings. The van der Waals surface area contributed by atoms with E-state index < -0.39 is 31.4 Å². The second kappa shape index (κ2) is 4.53. The van der Waals surface area contributed by atoms with Crippen LogP contribution in [0.4, 0.5) is 0 Å². The van der Waals surface area contributed by atoms with Crippen LogP contribution in [0.15, 0.2) is 20.1 Å². The Bertz CT molecular complexity index is 655. The van der Waals surface area contributed by atoms with Gasteiger partial charge in [-0.1, -0.05) is 69.6 Å². The Kier molecular flexibility index (Phi) is 3.72. The molecule has 1 fully saturated rings. The van der Waals surface area contributed by atoms with Gasteiger partial charge in [0.25, 0.3) is 0 Å². The highest BCUT2D eigenvalue weighted by molar-refractivity contribution is 6.68. The summed E-state index contributed by atoms with van der Waals surface area (Å²) in [4.78, 5) is 8.84. The SMILES string of the molecule is CO[C@@]12C(Cl)=C(Cl)C(=O)[C@@H]1[C@]1(Cl)C(Cl)=C(Cl)[C@@]2(Cl)C1(Cl)Cl. The highest BCUT2D eigenvalue weighted by Gasteiger charge is 2.92. The lowest BCUT2D eigenvalue weighted by atomic mass is 9.79. The van der Waals surface area contributed by atoms with Crippen LogP contribution in [0.3, 0.4) is 0 Å². The maximum absolute atomic E-state index is 12.5. The van der Waals surface area contributed by atoms with Gasteiger partial charge in [-0.15, -0.1) is 23.2 Å². The molecule has 0 spiro atoms. The number of carbonyl (C=O) groups is 1. The minimum absolute atomic E-state index is 0.118. The molecule has 2 bridgehead atoms. The molecule has 0 saturated heterocycles. The smallest absolute Gasteiger partial charge is 0.184 e. The summed E-state index contributed by atoms with van der Waals surface area (Å²) in [5.74, 6) is -1.80. The number of halogens is 8. The number of ketones is 1. The first kappa shape index (κ1) is 17.3. The van der Waals surface area contributed by atoms with Gasteiger partial charge in [0.15, 0.2) is 15.0 Å². The number of allylic oxidation sites excluding steroid dienone is 2. The van der Waals surface area contributed by atoms with Crippen LogP contribution >= 0.6 is 92.8 Å². The second-order valence-corrected chi connectivity index (χ2v) is 8.94. The average Bonchev–Trinajstić information content (AvgIpc) is 2.75. The molecule has 1 saturated carbocycles. The summed E-state index contributed by atoms with van der Waals surface area (Å²) in [6, 6.07) is 0. The lowest BCUT2D eigenvalue weighted by molar-refractivity contribution is -0.124. The normalized spacial score (nSPS) is 47.7. The van der Waals surface area contributed by atoms with Crippen molar-refractivity contribution in [1.82, 2.24) is 0 Å². The quantitative estimate of drug-likeness (QED) is 0.518. The topological polar surface area (TPSA) is 26.3 Å². The van der Waals surface area contributed by atoms with E-state index in [0.29, 0.717) is 0 Å². The first-order chi connectivity index (χ1) is 9.47. The zero-order valence-electron chi connectivity index (χ0n) is 9.92. The van der Waals surface area contributed by atoms with Crippen LogP contribution in [0.5, 0.6) is 0 Å². The molecule has 0 radical (unpaired) electrons. The fourth-order valence-corrected chi connectivity index (χ4v) is 7.18. The van der Waals surface area contributed by atoms with Gasteiger partial charge in [-0.2, -0.15) is 0 Å². The summed E-state index contributed by atoms with van der Waals surface area (Å²) in [6.45, 7) is 0. The van der Waals surface area contributed by atoms with Gasteiger partial charge in [0.1, 0.15) is 15.5 Å². The lowest BCUT2D eigenvalue weighted by Gasteiger charge is -2.43. The highest BCUT2D eigenvalue weighted by atomic mass is 35.5. The van der Waals surface area contributed by atoms with Crippen LogP contribution in [0, 0.1) is 5.92 Å². The molecule has 0 N–H and O–H groups in total. The fourth-order valence-electron chi connectivity index (χ4n) is 3.41. The Morgan fingerprint density at radius 1 is 0.952 bits per heavy atom. The molecule has 0 amide bonds. The average molecular weight is 452 g/mol. The van der Waals surface area contributed by atoms with E-state index in [9.17, 15) is 4.79 Å². The molecule has 0 aromatic heterocycles. The zero-order chi connectivity index (χ0) is 16.2. The number of methoxy groups -OCH3 is 1. The van der Waals surface area contributed by atoms with Crippen LogP contribution in [-0.4, -0.2) is 32.6 Å². The third-order valence-corrected chi connectivity index (χ3v) is 9.52. The maximum atomic E-state index is 12.5. The Morgan fingerprint density at radius 3 is 1.95 bits per heavy atom. The van der Waals surface area contributed by atoms with Gasteiger partial charge in [0.2, 0.25) is 0 Å². The first-order valence-corrected chi connectivity index (χ1v) is 8.47. The number of hydrogen-bond acceptors (Lipinski definition) is 2. The van der Waals surface area contributed by atoms with E-state index in [4.69, 9.17) is 97.5 Å². The van der Waals surface area contributed by atoms with E-state index in [-0.39, 0.29) is 20.1 Å². The molecule has 2 nitrogen and oxygen atoms in total. The molecule has 3 rings (SSSR count). The van der Waals surface area contributed by atoms with E-state index in [1.54, 1.807) is 0 Å². The molecule has 10 heteroatoms. The molecule has 4 atom stereocenters. The van der Waals surface area contributed by atoms with Gasteiger partial charge in [-0.05, 0) is 0 Å². The summed E-state index contributed by atoms with van der Waals surface area (Å²) < 4.78 is 3.54. The summed E-state index contributed by atoms with van der Waals surface area (Å²) in [5.41, 5.74) is -1.69. The molecule has 21 heavy (non-hydrogen) atoms. The van der Waals surface area contributed by atoms with Crippen molar-refractivity contribution in [1.29, 1.82) is 0 Å². The van der Waals surface area contributed by atoms with Crippen LogP contribution in [-0.2, 0) is 9.53 Å². The molecule has 116 valence electrons. The fraction of sp³-hybridized carbons (Fsp3) is 0.545. The van der Waals surface area contributed by atoms with Crippen molar-refractivity contribution in [3.8, 4) is 0 Å². The first-order valence-electron chi connectivity index (χ1n) is 5.44. The Labute approximate surface area is 160 Å². The van der Waals surface area contributed by atoms with E-state index in [0.717, 1.165) is 0 Å². The van der Waals surface area contributed by atoms with Gasteiger partial charge in [0.05, 0.1) is 21.0 Å². The largest absolute Gasteiger partial charge is 0.369 e. The van der Waals surface area contributed by atoms with Gasteiger partial charge in [-0.25, -0.2) is 0 Å². The summed E-state index contributed by atoms with van der Waals surface area (Å²) >= 11 is 50.5. The van der Waals surface area contributed by atoms with Crippen LogP contribution in [0.1, 0.15) is 0 Å². The van der Waals surface area contributed by atoms with Crippen molar-refractivity contribution >= 4 is 98.6 Å². The Balaban J connectivity index is 2.49. The van der Waals surface area contributed by atoms with E-state index in [1.165, 1.54) is 7.11 Å². The predicted octanol–water partition coefficient (Wildman–Crippen LogP) is 5.11. The molecule has 0 aromatic carbocycles. The zero-order valence-corrected chi connectivity index (χ0v) is 16.0. The number of carbonyl (C=O) groups excluding carboxylic acids is 1. The molecular formula is C11H4Cl8O2. The van der Waals surface area contributed by atoms with Crippen molar-refractivity contribution in [3.05, 3.63) is 20.1 Å². The van der Waals surface area contributed by atoms with Crippen molar-refractivity contribution in [2.45, 2.75) is 19.7 Å². The van der Waals surface area contributed by atoms with Crippen molar-refractivity contribution < 1.29 is 9.53 Å². The molecule has 0 unspecified atom stereocenters. The number of ether oxygens (including phenoxy) is 1. The van der Waals surface area contributed by atoms with Gasteiger partial charge in [-0.3, -0.25) is 4.79 Å². The summed E-state index contributed by atoms with van der Waals surface area (Å²) in [6.07, 6.45) is 0. The van der Waals surface area contributed by atoms with Gasteiger partial charge >= 0.3 is 0 Å².